The van der Waals surface area contributed by atoms with Crippen molar-refractivity contribution in [2.24, 2.45) is 0 Å². The molecule has 5 aromatic carbocycles. The topological polar surface area (TPSA) is 25.8 Å². The summed E-state index contributed by atoms with van der Waals surface area (Å²) in [6, 6.07) is 39.7. The molecule has 0 amide bonds. The summed E-state index contributed by atoms with van der Waals surface area (Å²) >= 11 is 0. The fraction of sp³-hybridized carbons (Fsp3) is 0.130. The van der Waals surface area contributed by atoms with Crippen LogP contribution in [-0.4, -0.2) is 9.97 Å². The maximum atomic E-state index is 4.48. The predicted molar refractivity (Wildman–Crippen MR) is 203 cm³/mol. The smallest absolute Gasteiger partial charge is 0.0346 e. The van der Waals surface area contributed by atoms with Gasteiger partial charge in [-0.3, -0.25) is 9.97 Å². The van der Waals surface area contributed by atoms with Crippen LogP contribution in [-0.2, 0) is 0 Å². The second-order valence-corrected chi connectivity index (χ2v) is 12.9. The molecular weight excluding hydrogens is 581 g/mol. The first-order valence-corrected chi connectivity index (χ1v) is 16.7. The molecule has 0 N–H and O–H groups in total. The molecule has 0 unspecified atom stereocenters. The molecule has 2 nitrogen and oxygen atoms in total. The van der Waals surface area contributed by atoms with Crippen molar-refractivity contribution >= 4 is 0 Å². The van der Waals surface area contributed by atoms with Gasteiger partial charge in [0.05, 0.1) is 0 Å². The van der Waals surface area contributed by atoms with E-state index in [1.165, 1.54) is 89.0 Å². The standard InChI is InChI=1S/C46H40N2/c1-29-23-31(3)45(33(5)43(29)37-19-13-21-47-27-37)41-25-40(36-17-11-8-12-18-36)42(26-39(41)35-15-9-7-10-16-35)46-32(4)24-30(2)44(34(46)6)38-20-14-22-48-28-38/h7-28H,1-6H3. The lowest BCUT2D eigenvalue weighted by Crippen LogP contribution is -2.01. The third kappa shape index (κ3) is 5.54. The van der Waals surface area contributed by atoms with Gasteiger partial charge in [-0.2, -0.15) is 0 Å². The van der Waals surface area contributed by atoms with Gasteiger partial charge in [0.2, 0.25) is 0 Å². The van der Waals surface area contributed by atoms with Gasteiger partial charge in [-0.25, -0.2) is 0 Å². The molecule has 0 aliphatic carbocycles. The Kier molecular flexibility index (Phi) is 8.33. The highest BCUT2D eigenvalue weighted by molar-refractivity contribution is 5.99. The molecule has 7 aromatic rings. The zero-order valence-electron chi connectivity index (χ0n) is 28.6. The molecule has 234 valence electrons. The van der Waals surface area contributed by atoms with Crippen molar-refractivity contribution in [1.29, 1.82) is 0 Å². The van der Waals surface area contributed by atoms with Crippen molar-refractivity contribution in [2.75, 3.05) is 0 Å². The minimum atomic E-state index is 1.14. The van der Waals surface area contributed by atoms with Gasteiger partial charge in [-0.05, 0) is 155 Å². The van der Waals surface area contributed by atoms with E-state index in [9.17, 15) is 0 Å². The van der Waals surface area contributed by atoms with Gasteiger partial charge in [0.25, 0.3) is 0 Å². The fourth-order valence-electron chi connectivity index (χ4n) is 7.84. The number of aromatic nitrogens is 2. The molecule has 0 aliphatic heterocycles. The highest BCUT2D eigenvalue weighted by Gasteiger charge is 2.23. The molecule has 0 fully saturated rings. The zero-order chi connectivity index (χ0) is 33.4. The molecule has 0 saturated carbocycles. The number of nitrogens with zero attached hydrogens (tertiary/aromatic N) is 2. The van der Waals surface area contributed by atoms with Crippen molar-refractivity contribution in [3.63, 3.8) is 0 Å². The quantitative estimate of drug-likeness (QED) is 0.185. The van der Waals surface area contributed by atoms with Crippen molar-refractivity contribution in [3.8, 4) is 66.8 Å². The van der Waals surface area contributed by atoms with E-state index in [0.29, 0.717) is 0 Å². The lowest BCUT2D eigenvalue weighted by atomic mass is 9.79. The summed E-state index contributed by atoms with van der Waals surface area (Å²) < 4.78 is 0. The Hall–Kier alpha value is -5.60. The van der Waals surface area contributed by atoms with Crippen LogP contribution >= 0.6 is 0 Å². The molecule has 0 spiro atoms. The molecule has 0 atom stereocenters. The van der Waals surface area contributed by atoms with Gasteiger partial charge in [0.1, 0.15) is 0 Å². The van der Waals surface area contributed by atoms with Gasteiger partial charge < -0.3 is 0 Å². The first-order valence-electron chi connectivity index (χ1n) is 16.7. The summed E-state index contributed by atoms with van der Waals surface area (Å²) in [5, 5.41) is 0. The van der Waals surface area contributed by atoms with Crippen LogP contribution in [0.5, 0.6) is 0 Å². The number of hydrogen-bond donors (Lipinski definition) is 0. The minimum Gasteiger partial charge on any atom is -0.264 e. The van der Waals surface area contributed by atoms with Crippen LogP contribution in [0.1, 0.15) is 33.4 Å². The molecule has 7 rings (SSSR count). The molecule has 2 aromatic heterocycles. The summed E-state index contributed by atoms with van der Waals surface area (Å²) in [5.74, 6) is 0. The van der Waals surface area contributed by atoms with E-state index < -0.39 is 0 Å². The predicted octanol–water partition coefficient (Wildman–Crippen LogP) is 12.3. The molecule has 0 bridgehead atoms. The van der Waals surface area contributed by atoms with Gasteiger partial charge in [0.15, 0.2) is 0 Å². The highest BCUT2D eigenvalue weighted by Crippen LogP contribution is 2.48. The first-order chi connectivity index (χ1) is 23.3. The summed E-state index contributed by atoms with van der Waals surface area (Å²) in [6.45, 7) is 13.5. The molecular formula is C46H40N2. The molecule has 0 radical (unpaired) electrons. The van der Waals surface area contributed by atoms with Crippen LogP contribution in [0.15, 0.2) is 134 Å². The van der Waals surface area contributed by atoms with Crippen molar-refractivity contribution in [3.05, 3.63) is 167 Å². The van der Waals surface area contributed by atoms with E-state index in [4.69, 9.17) is 0 Å². The van der Waals surface area contributed by atoms with Gasteiger partial charge in [-0.15, -0.1) is 0 Å². The van der Waals surface area contributed by atoms with Crippen LogP contribution in [0.4, 0.5) is 0 Å². The summed E-state index contributed by atoms with van der Waals surface area (Å²) in [4.78, 5) is 8.96. The average Bonchev–Trinajstić information content (AvgIpc) is 3.10. The molecule has 2 heterocycles. The Labute approximate surface area is 284 Å². The molecule has 2 heteroatoms. The van der Waals surface area contributed by atoms with Crippen LogP contribution in [0.25, 0.3) is 66.8 Å². The second-order valence-electron chi connectivity index (χ2n) is 12.9. The van der Waals surface area contributed by atoms with Crippen LogP contribution in [0, 0.1) is 41.5 Å². The second kappa shape index (κ2) is 12.9. The van der Waals surface area contributed by atoms with E-state index in [0.717, 1.165) is 11.1 Å². The molecule has 0 saturated heterocycles. The van der Waals surface area contributed by atoms with E-state index in [1.807, 2.05) is 36.9 Å². The van der Waals surface area contributed by atoms with Gasteiger partial charge in [-0.1, -0.05) is 84.9 Å². The largest absolute Gasteiger partial charge is 0.264 e. The summed E-state index contributed by atoms with van der Waals surface area (Å²) in [7, 11) is 0. The number of hydrogen-bond acceptors (Lipinski definition) is 2. The SMILES string of the molecule is Cc1cc(C)c(-c2cc(-c3ccccc3)c(-c3c(C)cc(C)c(-c4cccnc4)c3C)cc2-c2ccccc2)c(C)c1-c1cccnc1. The minimum absolute atomic E-state index is 1.14. The van der Waals surface area contributed by atoms with Crippen LogP contribution < -0.4 is 0 Å². The van der Waals surface area contributed by atoms with E-state index in [-0.39, 0.29) is 0 Å². The fourth-order valence-corrected chi connectivity index (χ4v) is 7.84. The molecule has 0 aliphatic rings. The van der Waals surface area contributed by atoms with E-state index in [1.54, 1.807) is 0 Å². The number of pyridine rings is 2. The first kappa shape index (κ1) is 31.0. The van der Waals surface area contributed by atoms with Gasteiger partial charge >= 0.3 is 0 Å². The monoisotopic (exact) mass is 620 g/mol. The van der Waals surface area contributed by atoms with Crippen molar-refractivity contribution in [2.45, 2.75) is 41.5 Å². The summed E-state index contributed by atoms with van der Waals surface area (Å²) in [6.07, 6.45) is 7.65. The maximum Gasteiger partial charge on any atom is 0.0346 e. The number of benzene rings is 5. The van der Waals surface area contributed by atoms with E-state index >= 15 is 0 Å². The van der Waals surface area contributed by atoms with Crippen molar-refractivity contribution < 1.29 is 0 Å². The Morgan fingerprint density at radius 2 is 0.688 bits per heavy atom. The number of rotatable bonds is 6. The Morgan fingerprint density at radius 3 is 1.04 bits per heavy atom. The summed E-state index contributed by atoms with van der Waals surface area (Å²) in [5.41, 5.74) is 22.2. The Balaban J connectivity index is 1.61. The number of aryl methyl sites for hydroxylation is 4. The normalized spacial score (nSPS) is 11.1. The van der Waals surface area contributed by atoms with Gasteiger partial charge in [0, 0.05) is 35.9 Å². The lowest BCUT2D eigenvalue weighted by molar-refractivity contribution is 1.28. The maximum absolute atomic E-state index is 4.48. The average molecular weight is 621 g/mol. The third-order valence-corrected chi connectivity index (χ3v) is 9.71. The Morgan fingerprint density at radius 1 is 0.333 bits per heavy atom. The van der Waals surface area contributed by atoms with E-state index in [2.05, 4.69) is 149 Å². The van der Waals surface area contributed by atoms with Crippen molar-refractivity contribution in [1.82, 2.24) is 9.97 Å². The Bertz CT molecular complexity index is 2090. The third-order valence-electron chi connectivity index (χ3n) is 9.71. The molecule has 48 heavy (non-hydrogen) atoms. The van der Waals surface area contributed by atoms with Crippen LogP contribution in [0.3, 0.4) is 0 Å². The zero-order valence-corrected chi connectivity index (χ0v) is 28.6. The highest BCUT2D eigenvalue weighted by atomic mass is 14.6. The lowest BCUT2D eigenvalue weighted by Gasteiger charge is -2.25. The van der Waals surface area contributed by atoms with Crippen LogP contribution in [0.2, 0.25) is 0 Å².